The summed E-state index contributed by atoms with van der Waals surface area (Å²) in [6.07, 6.45) is 1.55. The number of amides is 3. The molecule has 0 radical (unpaired) electrons. The number of aliphatic carboxylic acids is 1. The van der Waals surface area contributed by atoms with Crippen molar-refractivity contribution >= 4 is 35.2 Å². The average molecular weight is 554 g/mol. The van der Waals surface area contributed by atoms with E-state index in [0.29, 0.717) is 22.4 Å². The number of carboxylic acids is 1. The van der Waals surface area contributed by atoms with Crippen LogP contribution in [0.25, 0.3) is 5.70 Å². The van der Waals surface area contributed by atoms with Gasteiger partial charge in [0.25, 0.3) is 17.6 Å². The van der Waals surface area contributed by atoms with Gasteiger partial charge in [-0.3, -0.25) is 24.1 Å². The predicted molar refractivity (Wildman–Crippen MR) is 152 cm³/mol. The first-order valence-corrected chi connectivity index (χ1v) is 13.2. The van der Waals surface area contributed by atoms with Gasteiger partial charge in [-0.2, -0.15) is 0 Å². The third-order valence-corrected chi connectivity index (χ3v) is 6.77. The molecule has 1 heterocycles. The van der Waals surface area contributed by atoms with Crippen LogP contribution in [0, 0.1) is 5.92 Å². The third kappa shape index (κ3) is 6.75. The first-order valence-electron chi connectivity index (χ1n) is 13.2. The Balaban J connectivity index is 1.68. The third-order valence-electron chi connectivity index (χ3n) is 6.77. The number of carbonyl (C=O) groups is 5. The van der Waals surface area contributed by atoms with Crippen molar-refractivity contribution in [2.45, 2.75) is 32.4 Å². The summed E-state index contributed by atoms with van der Waals surface area (Å²) >= 11 is 0. The van der Waals surface area contributed by atoms with Crippen LogP contribution in [0.15, 0.2) is 97.2 Å². The largest absolute Gasteiger partial charge is 0.475 e. The molecule has 0 aromatic heterocycles. The topological polar surface area (TPSA) is 124 Å². The molecule has 0 fully saturated rings. The van der Waals surface area contributed by atoms with E-state index in [4.69, 9.17) is 0 Å². The molecular formula is C32H31N3O6. The highest BCUT2D eigenvalue weighted by atomic mass is 16.4. The van der Waals surface area contributed by atoms with Crippen molar-refractivity contribution in [2.75, 3.05) is 6.54 Å². The fourth-order valence-corrected chi connectivity index (χ4v) is 4.79. The maximum absolute atomic E-state index is 14.0. The van der Waals surface area contributed by atoms with E-state index < -0.39 is 42.2 Å². The van der Waals surface area contributed by atoms with Gasteiger partial charge in [-0.25, -0.2) is 4.79 Å². The molecule has 2 N–H and O–H groups in total. The molecule has 3 aromatic carbocycles. The number of carboxylic acid groups (broad SMARTS) is 1. The minimum Gasteiger partial charge on any atom is -0.475 e. The van der Waals surface area contributed by atoms with Gasteiger partial charge in [0.15, 0.2) is 0 Å². The highest BCUT2D eigenvalue weighted by Gasteiger charge is 2.41. The Morgan fingerprint density at radius 1 is 0.854 bits per heavy atom. The molecule has 0 saturated carbocycles. The summed E-state index contributed by atoms with van der Waals surface area (Å²) in [5, 5.41) is 11.9. The maximum atomic E-state index is 14.0. The molecule has 210 valence electrons. The number of nitrogens with one attached hydrogen (secondary N) is 1. The predicted octanol–water partition coefficient (Wildman–Crippen LogP) is 3.38. The van der Waals surface area contributed by atoms with Crippen molar-refractivity contribution in [3.05, 3.63) is 114 Å². The monoisotopic (exact) mass is 553 g/mol. The van der Waals surface area contributed by atoms with E-state index in [1.54, 1.807) is 97.2 Å². The summed E-state index contributed by atoms with van der Waals surface area (Å²) in [5.74, 6) is -4.66. The van der Waals surface area contributed by atoms with Gasteiger partial charge in [-0.15, -0.1) is 0 Å². The van der Waals surface area contributed by atoms with Crippen molar-refractivity contribution in [3.63, 3.8) is 0 Å². The molecule has 2 atom stereocenters. The van der Waals surface area contributed by atoms with E-state index in [2.05, 4.69) is 5.32 Å². The fraction of sp³-hybridized carbons (Fsp3) is 0.219. The summed E-state index contributed by atoms with van der Waals surface area (Å²) in [5.41, 5.74) is 2.01. The standard InChI is InChI=1S/C32H31N3O6/c1-21(2)28-31(39)34(20-27(36)33-25(29(37)32(40)41)18-22-12-6-3-7-13-22)26(23-14-8-4-9-15-23)19-35(28)30(38)24-16-10-5-11-17-24/h3-17,19,21,25,28H,18,20H2,1-2H3,(H,33,36)(H,40,41)/t25-,28+/m0/s1. The highest BCUT2D eigenvalue weighted by Crippen LogP contribution is 2.31. The molecule has 0 aliphatic carbocycles. The lowest BCUT2D eigenvalue weighted by Crippen LogP contribution is -2.57. The molecule has 3 aromatic rings. The second-order valence-corrected chi connectivity index (χ2v) is 10.1. The number of benzene rings is 3. The molecule has 0 unspecified atom stereocenters. The van der Waals surface area contributed by atoms with Gasteiger partial charge in [0.2, 0.25) is 5.91 Å². The number of nitrogens with zero attached hydrogens (tertiary/aromatic N) is 2. The van der Waals surface area contributed by atoms with Crippen LogP contribution in [-0.4, -0.2) is 63.0 Å². The summed E-state index contributed by atoms with van der Waals surface area (Å²) in [6, 6.07) is 24.0. The van der Waals surface area contributed by atoms with E-state index in [1.807, 2.05) is 13.8 Å². The fourth-order valence-electron chi connectivity index (χ4n) is 4.79. The summed E-state index contributed by atoms with van der Waals surface area (Å²) < 4.78 is 0. The molecule has 9 nitrogen and oxygen atoms in total. The van der Waals surface area contributed by atoms with Crippen molar-refractivity contribution in [1.82, 2.24) is 15.1 Å². The van der Waals surface area contributed by atoms with E-state index >= 15 is 0 Å². The number of hydrogen-bond acceptors (Lipinski definition) is 5. The van der Waals surface area contributed by atoms with Crippen molar-refractivity contribution in [3.8, 4) is 0 Å². The van der Waals surface area contributed by atoms with Gasteiger partial charge in [0, 0.05) is 18.2 Å². The zero-order valence-electron chi connectivity index (χ0n) is 22.8. The molecule has 0 saturated heterocycles. The molecule has 9 heteroatoms. The SMILES string of the molecule is CC(C)[C@@H]1C(=O)N(CC(=O)N[C@@H](Cc2ccccc2)C(=O)C(=O)O)C(c2ccccc2)=CN1C(=O)c1ccccc1. The highest BCUT2D eigenvalue weighted by molar-refractivity contribution is 6.35. The summed E-state index contributed by atoms with van der Waals surface area (Å²) in [6.45, 7) is 3.15. The van der Waals surface area contributed by atoms with Crippen LogP contribution in [0.2, 0.25) is 0 Å². The van der Waals surface area contributed by atoms with Gasteiger partial charge in [0.1, 0.15) is 18.6 Å². The smallest absolute Gasteiger partial charge is 0.374 e. The number of rotatable bonds is 10. The van der Waals surface area contributed by atoms with Crippen LogP contribution in [0.1, 0.15) is 35.3 Å². The normalized spacial score (nSPS) is 15.7. The number of Topliss-reactive ketones (excluding diaryl/α,β-unsaturated/α-hetero) is 1. The Labute approximate surface area is 238 Å². The molecule has 1 aliphatic heterocycles. The quantitative estimate of drug-likeness (QED) is 0.371. The van der Waals surface area contributed by atoms with Crippen LogP contribution in [0.5, 0.6) is 0 Å². The first kappa shape index (κ1) is 28.9. The van der Waals surface area contributed by atoms with Crippen molar-refractivity contribution in [2.24, 2.45) is 5.92 Å². The van der Waals surface area contributed by atoms with E-state index in [9.17, 15) is 29.1 Å². The minimum atomic E-state index is -1.67. The average Bonchev–Trinajstić information content (AvgIpc) is 2.98. The summed E-state index contributed by atoms with van der Waals surface area (Å²) in [4.78, 5) is 67.6. The Bertz CT molecular complexity index is 1450. The Morgan fingerprint density at radius 3 is 1.98 bits per heavy atom. The van der Waals surface area contributed by atoms with Crippen LogP contribution in [0.3, 0.4) is 0 Å². The Hall–Kier alpha value is -5.05. The van der Waals surface area contributed by atoms with E-state index in [1.165, 1.54) is 9.80 Å². The Kier molecular flexibility index (Phi) is 9.08. The lowest BCUT2D eigenvalue weighted by Gasteiger charge is -2.41. The Morgan fingerprint density at radius 2 is 1.41 bits per heavy atom. The molecular weight excluding hydrogens is 522 g/mol. The van der Waals surface area contributed by atoms with Gasteiger partial charge < -0.3 is 15.3 Å². The van der Waals surface area contributed by atoms with Crippen molar-refractivity contribution in [1.29, 1.82) is 0 Å². The molecule has 4 rings (SSSR count). The second-order valence-electron chi connectivity index (χ2n) is 10.1. The van der Waals surface area contributed by atoms with Crippen LogP contribution in [0.4, 0.5) is 0 Å². The maximum Gasteiger partial charge on any atom is 0.374 e. The molecule has 0 spiro atoms. The number of carbonyl (C=O) groups excluding carboxylic acids is 4. The van der Waals surface area contributed by atoms with Gasteiger partial charge in [-0.05, 0) is 29.2 Å². The minimum absolute atomic E-state index is 0.0268. The van der Waals surface area contributed by atoms with Crippen LogP contribution >= 0.6 is 0 Å². The van der Waals surface area contributed by atoms with Gasteiger partial charge in [0.05, 0.1) is 5.70 Å². The zero-order valence-corrected chi connectivity index (χ0v) is 22.8. The van der Waals surface area contributed by atoms with Gasteiger partial charge >= 0.3 is 5.97 Å². The first-order chi connectivity index (χ1) is 19.7. The van der Waals surface area contributed by atoms with Gasteiger partial charge in [-0.1, -0.05) is 92.7 Å². The summed E-state index contributed by atoms with van der Waals surface area (Å²) in [7, 11) is 0. The second kappa shape index (κ2) is 12.9. The van der Waals surface area contributed by atoms with E-state index in [0.717, 1.165) is 0 Å². The molecule has 41 heavy (non-hydrogen) atoms. The number of ketones is 1. The van der Waals surface area contributed by atoms with Crippen molar-refractivity contribution < 1.29 is 29.1 Å². The van der Waals surface area contributed by atoms with Crippen LogP contribution < -0.4 is 5.32 Å². The van der Waals surface area contributed by atoms with Crippen LogP contribution in [-0.2, 0) is 25.6 Å². The number of hydrogen-bond donors (Lipinski definition) is 2. The molecule has 3 amide bonds. The molecule has 0 bridgehead atoms. The molecule has 1 aliphatic rings. The van der Waals surface area contributed by atoms with E-state index in [-0.39, 0.29) is 18.2 Å². The lowest BCUT2D eigenvalue weighted by molar-refractivity contribution is -0.150. The zero-order chi connectivity index (χ0) is 29.5. The lowest BCUT2D eigenvalue weighted by atomic mass is 9.96.